The van der Waals surface area contributed by atoms with Crippen molar-refractivity contribution in [1.29, 1.82) is 0 Å². The van der Waals surface area contributed by atoms with Gasteiger partial charge < -0.3 is 14.2 Å². The van der Waals surface area contributed by atoms with Crippen LogP contribution in [0.4, 0.5) is 8.78 Å². The predicted molar refractivity (Wildman–Crippen MR) is 153 cm³/mol. The van der Waals surface area contributed by atoms with Gasteiger partial charge in [-0.2, -0.15) is 8.78 Å². The van der Waals surface area contributed by atoms with E-state index >= 15 is 8.78 Å². The number of hydrogen-bond donors (Lipinski definition) is 0. The molecule has 7 heteroatoms. The second kappa shape index (κ2) is 11.9. The average molecular weight is 640 g/mol. The minimum Gasteiger partial charge on any atom is -0.449 e. The second-order valence-electron chi connectivity index (χ2n) is 9.38. The van der Waals surface area contributed by atoms with Crippen molar-refractivity contribution in [2.75, 3.05) is 13.2 Å². The molecule has 1 heterocycles. The van der Waals surface area contributed by atoms with E-state index in [1.807, 2.05) is 91.0 Å². The molecular weight excluding hydrogens is 613 g/mol. The molecule has 0 saturated carbocycles. The second-order valence-corrected chi connectivity index (χ2v) is 10.5. The molecule has 0 aliphatic carbocycles. The molecule has 0 radical (unpaired) electrons. The molecule has 5 rings (SSSR count). The maximum atomic E-state index is 15.1. The van der Waals surface area contributed by atoms with Crippen LogP contribution in [0.15, 0.2) is 121 Å². The molecule has 3 atom stereocenters. The zero-order valence-electron chi connectivity index (χ0n) is 21.0. The fourth-order valence-electron chi connectivity index (χ4n) is 4.98. The van der Waals surface area contributed by atoms with Crippen LogP contribution in [0.25, 0.3) is 0 Å². The van der Waals surface area contributed by atoms with Gasteiger partial charge in [0.05, 0.1) is 24.2 Å². The summed E-state index contributed by atoms with van der Waals surface area (Å²) in [6.07, 6.45) is -2.93. The van der Waals surface area contributed by atoms with Gasteiger partial charge in [0, 0.05) is 0 Å². The van der Waals surface area contributed by atoms with E-state index in [4.69, 9.17) is 14.2 Å². The Kier molecular flexibility index (Phi) is 8.40. The summed E-state index contributed by atoms with van der Waals surface area (Å²) in [7, 11) is 0. The van der Waals surface area contributed by atoms with Crippen LogP contribution in [0.5, 0.6) is 0 Å². The smallest absolute Gasteiger partial charge is 0.338 e. The van der Waals surface area contributed by atoms with Gasteiger partial charge in [-0.25, -0.2) is 4.79 Å². The number of benzene rings is 4. The van der Waals surface area contributed by atoms with E-state index in [1.165, 1.54) is 12.1 Å². The molecule has 1 saturated heterocycles. The normalized spacial score (nSPS) is 20.4. The molecule has 4 aromatic carbocycles. The lowest BCUT2D eigenvalue weighted by Crippen LogP contribution is -2.44. The Morgan fingerprint density at radius 3 is 1.67 bits per heavy atom. The van der Waals surface area contributed by atoms with Crippen molar-refractivity contribution >= 4 is 28.6 Å². The summed E-state index contributed by atoms with van der Waals surface area (Å²) in [5.41, 5.74) is 2.47. The molecule has 4 nitrogen and oxygen atoms in total. The van der Waals surface area contributed by atoms with Gasteiger partial charge in [0.25, 0.3) is 0 Å². The van der Waals surface area contributed by atoms with E-state index in [1.54, 1.807) is 40.8 Å². The molecule has 200 valence electrons. The van der Waals surface area contributed by atoms with Crippen LogP contribution in [-0.4, -0.2) is 41.4 Å². The maximum Gasteiger partial charge on any atom is 0.338 e. The van der Waals surface area contributed by atoms with E-state index in [0.29, 0.717) is 0 Å². The van der Waals surface area contributed by atoms with E-state index in [2.05, 4.69) is 0 Å². The predicted octanol–water partition coefficient (Wildman–Crippen LogP) is 7.06. The molecule has 0 spiro atoms. The first kappa shape index (κ1) is 27.4. The molecule has 39 heavy (non-hydrogen) atoms. The van der Waals surface area contributed by atoms with Crippen LogP contribution in [0.3, 0.4) is 0 Å². The molecule has 4 aromatic rings. The van der Waals surface area contributed by atoms with Crippen molar-refractivity contribution in [1.82, 2.24) is 0 Å². The lowest BCUT2D eigenvalue weighted by atomic mass is 9.70. The summed E-state index contributed by atoms with van der Waals surface area (Å²) in [5, 5.41) is 0. The van der Waals surface area contributed by atoms with Gasteiger partial charge in [-0.3, -0.25) is 0 Å². The van der Waals surface area contributed by atoms with Crippen LogP contribution in [0, 0.1) is 0 Å². The molecule has 1 unspecified atom stereocenters. The van der Waals surface area contributed by atoms with Crippen molar-refractivity contribution in [3.63, 3.8) is 0 Å². The van der Waals surface area contributed by atoms with Gasteiger partial charge in [-0.15, -0.1) is 0 Å². The van der Waals surface area contributed by atoms with Crippen LogP contribution < -0.4 is 0 Å². The Balaban J connectivity index is 1.43. The number of hydrogen-bond acceptors (Lipinski definition) is 4. The van der Waals surface area contributed by atoms with Crippen LogP contribution in [0.1, 0.15) is 27.0 Å². The maximum absolute atomic E-state index is 15.1. The lowest BCUT2D eigenvalue weighted by molar-refractivity contribution is -0.0994. The highest BCUT2D eigenvalue weighted by Crippen LogP contribution is 2.43. The topological polar surface area (TPSA) is 44.8 Å². The van der Waals surface area contributed by atoms with Crippen molar-refractivity contribution in [3.8, 4) is 0 Å². The number of alkyl halides is 3. The fourth-order valence-corrected chi connectivity index (χ4v) is 5.71. The van der Waals surface area contributed by atoms with Gasteiger partial charge >= 0.3 is 11.9 Å². The first-order valence-corrected chi connectivity index (χ1v) is 13.8. The van der Waals surface area contributed by atoms with Gasteiger partial charge in [0.1, 0.15) is 6.10 Å². The Bertz CT molecular complexity index is 1260. The third kappa shape index (κ3) is 5.62. The van der Waals surface area contributed by atoms with Gasteiger partial charge in [-0.1, -0.05) is 109 Å². The Hall–Kier alpha value is -3.14. The molecule has 0 amide bonds. The largest absolute Gasteiger partial charge is 0.449 e. The van der Waals surface area contributed by atoms with E-state index in [-0.39, 0.29) is 18.8 Å². The average Bonchev–Trinajstić information content (AvgIpc) is 3.20. The number of carbonyl (C=O) groups is 1. The highest BCUT2D eigenvalue weighted by molar-refractivity contribution is 14.1. The van der Waals surface area contributed by atoms with Crippen molar-refractivity contribution < 1.29 is 27.8 Å². The van der Waals surface area contributed by atoms with Crippen molar-refractivity contribution in [3.05, 3.63) is 144 Å². The van der Waals surface area contributed by atoms with E-state index < -0.39 is 33.6 Å². The minimum atomic E-state index is -3.38. The number of carbonyl (C=O) groups excluding carboxylic acids is 1. The Morgan fingerprint density at radius 2 is 1.21 bits per heavy atom. The monoisotopic (exact) mass is 640 g/mol. The molecular formula is C32H27F2IO4. The zero-order valence-corrected chi connectivity index (χ0v) is 23.1. The number of rotatable bonds is 9. The summed E-state index contributed by atoms with van der Waals surface area (Å²) < 4.78 is 46.0. The van der Waals surface area contributed by atoms with Crippen LogP contribution >= 0.6 is 22.6 Å². The van der Waals surface area contributed by atoms with Crippen LogP contribution in [-0.2, 0) is 19.6 Å². The Morgan fingerprint density at radius 1 is 0.769 bits per heavy atom. The third-order valence-electron chi connectivity index (χ3n) is 6.96. The first-order chi connectivity index (χ1) is 18.9. The summed E-state index contributed by atoms with van der Waals surface area (Å²) in [6, 6.07) is 38.0. The number of esters is 1. The SMILES string of the molecule is O=C(O[C@@H]1[C@@H](COCC(c2ccccc2)(c2ccccc2)c2ccccc2)OC(I)C1(F)F)c1ccccc1. The highest BCUT2D eigenvalue weighted by atomic mass is 127. The Labute approximate surface area is 240 Å². The summed E-state index contributed by atoms with van der Waals surface area (Å²) in [5.74, 6) is -4.21. The molecule has 0 N–H and O–H groups in total. The summed E-state index contributed by atoms with van der Waals surface area (Å²) in [6.45, 7) is -0.0299. The molecule has 1 aliphatic rings. The van der Waals surface area contributed by atoms with E-state index in [0.717, 1.165) is 16.7 Å². The standard InChI is InChI=1S/C32H27F2IO4/c33-32(34)28(39-29(36)23-13-5-1-6-14-23)27(38-30(32)35)21-37-22-31(24-15-7-2-8-16-24,25-17-9-3-10-18-25)26-19-11-4-12-20-26/h1-20,27-28,30H,21-22H2/t27-,28-,30?/m1/s1. The quantitative estimate of drug-likeness (QED) is 0.0851. The summed E-state index contributed by atoms with van der Waals surface area (Å²) >= 11 is 1.54. The third-order valence-corrected chi connectivity index (χ3v) is 8.08. The summed E-state index contributed by atoms with van der Waals surface area (Å²) in [4.78, 5) is 12.7. The molecule has 1 fully saturated rings. The van der Waals surface area contributed by atoms with Crippen LogP contribution in [0.2, 0.25) is 0 Å². The zero-order chi connectivity index (χ0) is 27.3. The van der Waals surface area contributed by atoms with Gasteiger partial charge in [0.15, 0.2) is 10.2 Å². The highest BCUT2D eigenvalue weighted by Gasteiger charge is 2.60. The number of halogens is 3. The van der Waals surface area contributed by atoms with E-state index in [9.17, 15) is 4.79 Å². The van der Waals surface area contributed by atoms with Crippen molar-refractivity contribution in [2.45, 2.75) is 27.7 Å². The number of ether oxygens (including phenoxy) is 3. The molecule has 1 aliphatic heterocycles. The van der Waals surface area contributed by atoms with Gasteiger partial charge in [-0.05, 0) is 51.4 Å². The first-order valence-electron chi connectivity index (χ1n) is 12.6. The minimum absolute atomic E-state index is 0.154. The lowest BCUT2D eigenvalue weighted by Gasteiger charge is -2.36. The fraction of sp³-hybridized carbons (Fsp3) is 0.219. The van der Waals surface area contributed by atoms with Gasteiger partial charge in [0.2, 0.25) is 0 Å². The molecule has 0 aromatic heterocycles. The molecule has 0 bridgehead atoms. The van der Waals surface area contributed by atoms with Crippen molar-refractivity contribution in [2.24, 2.45) is 0 Å².